The van der Waals surface area contributed by atoms with E-state index in [4.69, 9.17) is 23.2 Å². The summed E-state index contributed by atoms with van der Waals surface area (Å²) < 4.78 is 0. The first-order valence-corrected chi connectivity index (χ1v) is 8.83. The number of carbonyl (C=O) groups excluding carboxylic acids is 2. The molecule has 0 bridgehead atoms. The number of benzene rings is 2. The van der Waals surface area contributed by atoms with Gasteiger partial charge in [-0.3, -0.25) is 9.59 Å². The molecule has 1 N–H and O–H groups in total. The lowest BCUT2D eigenvalue weighted by atomic mass is 9.99. The predicted molar refractivity (Wildman–Crippen MR) is 101 cm³/mol. The maximum atomic E-state index is 12.4. The highest BCUT2D eigenvalue weighted by Crippen LogP contribution is 2.27. The summed E-state index contributed by atoms with van der Waals surface area (Å²) in [5.41, 5.74) is 3.44. The molecule has 4 nitrogen and oxygen atoms in total. The zero-order chi connectivity index (χ0) is 18.0. The van der Waals surface area contributed by atoms with Gasteiger partial charge < -0.3 is 10.2 Å². The normalized spacial score (nSPS) is 13.6. The summed E-state index contributed by atoms with van der Waals surface area (Å²) in [6, 6.07) is 10.8. The Labute approximate surface area is 156 Å². The fraction of sp³-hybridized carbons (Fsp3) is 0.263. The van der Waals surface area contributed by atoms with Crippen molar-refractivity contribution in [3.8, 4) is 0 Å². The second-order valence-electron chi connectivity index (χ2n) is 6.04. The fourth-order valence-corrected chi connectivity index (χ4v) is 3.44. The van der Waals surface area contributed by atoms with E-state index < -0.39 is 0 Å². The molecule has 1 heterocycles. The third-order valence-corrected chi connectivity index (χ3v) is 4.97. The monoisotopic (exact) mass is 376 g/mol. The van der Waals surface area contributed by atoms with Gasteiger partial charge in [0.05, 0.1) is 0 Å². The van der Waals surface area contributed by atoms with Crippen molar-refractivity contribution < 1.29 is 9.59 Å². The minimum Gasteiger partial charge on any atom is -0.352 e. The smallest absolute Gasteiger partial charge is 0.251 e. The maximum absolute atomic E-state index is 12.4. The Bertz CT molecular complexity index is 836. The number of amides is 2. The number of anilines is 1. The number of nitrogens with zero attached hydrogens (tertiary/aromatic N) is 1. The van der Waals surface area contributed by atoms with Crippen LogP contribution >= 0.6 is 23.2 Å². The van der Waals surface area contributed by atoms with Crippen molar-refractivity contribution in [3.63, 3.8) is 0 Å². The van der Waals surface area contributed by atoms with Gasteiger partial charge in [0.15, 0.2) is 0 Å². The zero-order valence-corrected chi connectivity index (χ0v) is 15.3. The Morgan fingerprint density at radius 1 is 1.16 bits per heavy atom. The van der Waals surface area contributed by atoms with Gasteiger partial charge >= 0.3 is 0 Å². The van der Waals surface area contributed by atoms with Gasteiger partial charge in [-0.1, -0.05) is 29.3 Å². The van der Waals surface area contributed by atoms with Crippen LogP contribution in [0.25, 0.3) is 0 Å². The molecule has 0 radical (unpaired) electrons. The maximum Gasteiger partial charge on any atom is 0.251 e. The molecule has 3 rings (SSSR count). The van der Waals surface area contributed by atoms with Gasteiger partial charge in [0.1, 0.15) is 0 Å². The molecule has 0 atom stereocenters. The van der Waals surface area contributed by atoms with E-state index in [9.17, 15) is 9.59 Å². The SMILES string of the molecule is CN1C(=O)CCc2cc(C(=O)NCCc3ccc(Cl)cc3Cl)ccc21. The van der Waals surface area contributed by atoms with Crippen molar-refractivity contribution in [1.82, 2.24) is 5.32 Å². The van der Waals surface area contributed by atoms with Gasteiger partial charge in [0, 0.05) is 41.3 Å². The molecular formula is C19H18Cl2N2O2. The number of nitrogens with one attached hydrogen (secondary N) is 1. The zero-order valence-electron chi connectivity index (χ0n) is 13.8. The third kappa shape index (κ3) is 3.97. The van der Waals surface area contributed by atoms with Crippen LogP contribution in [0.5, 0.6) is 0 Å². The van der Waals surface area contributed by atoms with Crippen LogP contribution in [0, 0.1) is 0 Å². The lowest BCUT2D eigenvalue weighted by Crippen LogP contribution is -2.31. The first kappa shape index (κ1) is 17.8. The van der Waals surface area contributed by atoms with E-state index >= 15 is 0 Å². The Kier molecular flexibility index (Phi) is 5.30. The van der Waals surface area contributed by atoms with Gasteiger partial charge in [-0.15, -0.1) is 0 Å². The molecule has 2 amide bonds. The van der Waals surface area contributed by atoms with Crippen LogP contribution in [0.4, 0.5) is 5.69 Å². The van der Waals surface area contributed by atoms with E-state index in [2.05, 4.69) is 5.32 Å². The molecular weight excluding hydrogens is 359 g/mol. The summed E-state index contributed by atoms with van der Waals surface area (Å²) in [7, 11) is 1.76. The largest absolute Gasteiger partial charge is 0.352 e. The Morgan fingerprint density at radius 3 is 2.72 bits per heavy atom. The van der Waals surface area contributed by atoms with Crippen LogP contribution in [0.2, 0.25) is 10.0 Å². The van der Waals surface area contributed by atoms with E-state index in [0.717, 1.165) is 16.8 Å². The summed E-state index contributed by atoms with van der Waals surface area (Å²) in [6.07, 6.45) is 1.77. The van der Waals surface area contributed by atoms with Gasteiger partial charge in [-0.2, -0.15) is 0 Å². The number of carbonyl (C=O) groups is 2. The van der Waals surface area contributed by atoms with Gasteiger partial charge in [0.25, 0.3) is 5.91 Å². The Hall–Kier alpha value is -2.04. The average Bonchev–Trinajstić information content (AvgIpc) is 2.59. The number of fused-ring (bicyclic) bond motifs is 1. The molecule has 2 aromatic rings. The van der Waals surface area contributed by atoms with E-state index in [-0.39, 0.29) is 11.8 Å². The molecule has 0 unspecified atom stereocenters. The topological polar surface area (TPSA) is 49.4 Å². The second kappa shape index (κ2) is 7.46. The van der Waals surface area contributed by atoms with E-state index in [1.54, 1.807) is 30.1 Å². The van der Waals surface area contributed by atoms with Crippen molar-refractivity contribution in [2.75, 3.05) is 18.5 Å². The van der Waals surface area contributed by atoms with E-state index in [0.29, 0.717) is 41.4 Å². The van der Waals surface area contributed by atoms with E-state index in [1.807, 2.05) is 18.2 Å². The third-order valence-electron chi connectivity index (χ3n) is 4.38. The number of halogens is 2. The summed E-state index contributed by atoms with van der Waals surface area (Å²) >= 11 is 12.0. The summed E-state index contributed by atoms with van der Waals surface area (Å²) in [5, 5.41) is 4.10. The van der Waals surface area contributed by atoms with Crippen LogP contribution in [-0.2, 0) is 17.6 Å². The summed E-state index contributed by atoms with van der Waals surface area (Å²) in [4.78, 5) is 25.7. The molecule has 0 spiro atoms. The molecule has 0 aliphatic carbocycles. The first-order valence-electron chi connectivity index (χ1n) is 8.07. The minimum absolute atomic E-state index is 0.101. The lowest BCUT2D eigenvalue weighted by molar-refractivity contribution is -0.118. The lowest BCUT2D eigenvalue weighted by Gasteiger charge is -2.26. The quantitative estimate of drug-likeness (QED) is 0.879. The van der Waals surface area contributed by atoms with Gasteiger partial charge in [-0.25, -0.2) is 0 Å². The molecule has 2 aromatic carbocycles. The highest BCUT2D eigenvalue weighted by atomic mass is 35.5. The Balaban J connectivity index is 1.63. The molecule has 0 saturated heterocycles. The summed E-state index contributed by atoms with van der Waals surface area (Å²) in [6.45, 7) is 0.482. The predicted octanol–water partition coefficient (Wildman–Crippen LogP) is 3.87. The minimum atomic E-state index is -0.132. The van der Waals surface area contributed by atoms with Crippen LogP contribution in [0.15, 0.2) is 36.4 Å². The highest BCUT2D eigenvalue weighted by molar-refractivity contribution is 6.35. The van der Waals surface area contributed by atoms with Crippen LogP contribution < -0.4 is 10.2 Å². The van der Waals surface area contributed by atoms with Crippen LogP contribution in [0.3, 0.4) is 0 Å². The van der Waals surface area contributed by atoms with Crippen LogP contribution in [0.1, 0.15) is 27.9 Å². The number of hydrogen-bond acceptors (Lipinski definition) is 2. The van der Waals surface area contributed by atoms with Crippen LogP contribution in [-0.4, -0.2) is 25.4 Å². The molecule has 0 saturated carbocycles. The van der Waals surface area contributed by atoms with Gasteiger partial charge in [0.2, 0.25) is 5.91 Å². The molecule has 1 aliphatic rings. The van der Waals surface area contributed by atoms with Crippen molar-refractivity contribution in [1.29, 1.82) is 0 Å². The number of aryl methyl sites for hydroxylation is 1. The van der Waals surface area contributed by atoms with Crippen molar-refractivity contribution in [2.45, 2.75) is 19.3 Å². The van der Waals surface area contributed by atoms with Gasteiger partial charge in [-0.05, 0) is 54.3 Å². The van der Waals surface area contributed by atoms with E-state index in [1.165, 1.54) is 0 Å². The van der Waals surface area contributed by atoms with Crippen molar-refractivity contribution >= 4 is 40.7 Å². The molecule has 25 heavy (non-hydrogen) atoms. The fourth-order valence-electron chi connectivity index (χ4n) is 2.94. The highest BCUT2D eigenvalue weighted by Gasteiger charge is 2.21. The number of hydrogen-bond donors (Lipinski definition) is 1. The van der Waals surface area contributed by atoms with Crippen molar-refractivity contribution in [2.24, 2.45) is 0 Å². The van der Waals surface area contributed by atoms with Crippen molar-refractivity contribution in [3.05, 3.63) is 63.1 Å². The average molecular weight is 377 g/mol. The first-order chi connectivity index (χ1) is 12.0. The Morgan fingerprint density at radius 2 is 1.96 bits per heavy atom. The molecule has 0 aromatic heterocycles. The molecule has 130 valence electrons. The molecule has 0 fully saturated rings. The molecule has 1 aliphatic heterocycles. The number of rotatable bonds is 4. The second-order valence-corrected chi connectivity index (χ2v) is 6.88. The molecule has 6 heteroatoms. The summed E-state index contributed by atoms with van der Waals surface area (Å²) in [5.74, 6) is -0.0306. The standard InChI is InChI=1S/C19H18Cl2N2O2/c1-23-17-6-3-14(10-13(17)4-7-18(23)24)19(25)22-9-8-12-2-5-15(20)11-16(12)21/h2-3,5-6,10-11H,4,7-9H2,1H3,(H,22,25).